The molecule has 5 nitrogen and oxygen atoms in total. The molecule has 1 aromatic heterocycles. The smallest absolute Gasteiger partial charge is 0.252 e. The quantitative estimate of drug-likeness (QED) is 0.759. The van der Waals surface area contributed by atoms with Crippen molar-refractivity contribution >= 4 is 17.4 Å². The van der Waals surface area contributed by atoms with Crippen molar-refractivity contribution in [2.75, 3.05) is 24.2 Å². The Bertz CT molecular complexity index is 364. The van der Waals surface area contributed by atoms with E-state index in [1.807, 2.05) is 11.9 Å². The van der Waals surface area contributed by atoms with Gasteiger partial charge in [0.1, 0.15) is 5.82 Å². The Hall–Kier alpha value is -1.78. The second kappa shape index (κ2) is 4.63. The molecule has 4 N–H and O–H groups in total. The van der Waals surface area contributed by atoms with Crippen LogP contribution in [0.1, 0.15) is 23.7 Å². The Balaban J connectivity index is 3.10. The molecule has 0 aromatic carbocycles. The van der Waals surface area contributed by atoms with Gasteiger partial charge in [-0.1, -0.05) is 6.92 Å². The molecule has 0 saturated carbocycles. The lowest BCUT2D eigenvalue weighted by molar-refractivity contribution is 0.100. The third-order valence-electron chi connectivity index (χ3n) is 2.07. The molecule has 0 aliphatic carbocycles. The average Bonchev–Trinajstić information content (AvgIpc) is 2.17. The van der Waals surface area contributed by atoms with Gasteiger partial charge in [-0.05, 0) is 12.5 Å². The molecule has 0 unspecified atom stereocenters. The van der Waals surface area contributed by atoms with Crippen LogP contribution in [0.15, 0.2) is 12.3 Å². The fourth-order valence-electron chi connectivity index (χ4n) is 1.40. The van der Waals surface area contributed by atoms with Crippen molar-refractivity contribution in [3.63, 3.8) is 0 Å². The maximum atomic E-state index is 11.2. The number of primary amides is 1. The summed E-state index contributed by atoms with van der Waals surface area (Å²) in [5, 5.41) is 0. The predicted octanol–water partition coefficient (Wildman–Crippen LogP) is 0.609. The number of carbonyl (C=O) groups excluding carboxylic acids is 1. The molecular weight excluding hydrogens is 192 g/mol. The molecule has 0 aliphatic rings. The first-order valence-electron chi connectivity index (χ1n) is 4.82. The topological polar surface area (TPSA) is 85.2 Å². The standard InChI is InChI=1S/C10H16N4O/c1-3-4-14(2)10-8(9(12)15)5-7(11)6-13-10/h5-6H,3-4,11H2,1-2H3,(H2,12,15). The van der Waals surface area contributed by atoms with E-state index in [4.69, 9.17) is 11.5 Å². The first-order chi connectivity index (χ1) is 7.06. The van der Waals surface area contributed by atoms with Gasteiger partial charge in [-0.25, -0.2) is 4.98 Å². The molecule has 1 aromatic rings. The van der Waals surface area contributed by atoms with Gasteiger partial charge in [0.05, 0.1) is 17.4 Å². The monoisotopic (exact) mass is 208 g/mol. The van der Waals surface area contributed by atoms with Crippen molar-refractivity contribution in [2.45, 2.75) is 13.3 Å². The highest BCUT2D eigenvalue weighted by atomic mass is 16.1. The van der Waals surface area contributed by atoms with Crippen molar-refractivity contribution in [1.29, 1.82) is 0 Å². The van der Waals surface area contributed by atoms with Crippen LogP contribution in [0.4, 0.5) is 11.5 Å². The number of carbonyl (C=O) groups is 1. The number of aromatic nitrogens is 1. The Morgan fingerprint density at radius 3 is 2.80 bits per heavy atom. The first kappa shape index (κ1) is 11.3. The first-order valence-corrected chi connectivity index (χ1v) is 4.82. The van der Waals surface area contributed by atoms with Crippen molar-refractivity contribution in [1.82, 2.24) is 4.98 Å². The van der Waals surface area contributed by atoms with Crippen LogP contribution in [0.5, 0.6) is 0 Å². The number of hydrogen-bond acceptors (Lipinski definition) is 4. The van der Waals surface area contributed by atoms with Gasteiger partial charge in [0, 0.05) is 13.6 Å². The van der Waals surface area contributed by atoms with E-state index in [-0.39, 0.29) is 0 Å². The van der Waals surface area contributed by atoms with Crippen LogP contribution in [0.3, 0.4) is 0 Å². The number of nitrogens with zero attached hydrogens (tertiary/aromatic N) is 2. The van der Waals surface area contributed by atoms with Crippen molar-refractivity contribution in [3.05, 3.63) is 17.8 Å². The number of amides is 1. The van der Waals surface area contributed by atoms with Crippen LogP contribution in [0, 0.1) is 0 Å². The summed E-state index contributed by atoms with van der Waals surface area (Å²) in [4.78, 5) is 17.2. The number of hydrogen-bond donors (Lipinski definition) is 2. The summed E-state index contributed by atoms with van der Waals surface area (Å²) < 4.78 is 0. The number of anilines is 2. The van der Waals surface area contributed by atoms with Gasteiger partial charge in [0.15, 0.2) is 0 Å². The van der Waals surface area contributed by atoms with E-state index in [9.17, 15) is 4.79 Å². The molecule has 82 valence electrons. The van der Waals surface area contributed by atoms with Gasteiger partial charge in [-0.3, -0.25) is 4.79 Å². The Morgan fingerprint density at radius 2 is 2.27 bits per heavy atom. The van der Waals surface area contributed by atoms with E-state index in [1.54, 1.807) is 6.07 Å². The second-order valence-corrected chi connectivity index (χ2v) is 3.43. The third-order valence-corrected chi connectivity index (χ3v) is 2.07. The Labute approximate surface area is 89.1 Å². The highest BCUT2D eigenvalue weighted by Crippen LogP contribution is 2.18. The molecule has 0 radical (unpaired) electrons. The molecule has 0 bridgehead atoms. The molecule has 0 saturated heterocycles. The molecule has 15 heavy (non-hydrogen) atoms. The van der Waals surface area contributed by atoms with E-state index in [0.29, 0.717) is 17.1 Å². The molecule has 0 aliphatic heterocycles. The van der Waals surface area contributed by atoms with Gasteiger partial charge in [0.2, 0.25) is 0 Å². The lowest BCUT2D eigenvalue weighted by atomic mass is 10.2. The third kappa shape index (κ3) is 2.59. The lowest BCUT2D eigenvalue weighted by Gasteiger charge is -2.19. The predicted molar refractivity (Wildman–Crippen MR) is 60.7 cm³/mol. The number of nitrogen functional groups attached to an aromatic ring is 1. The number of pyridine rings is 1. The van der Waals surface area contributed by atoms with Crippen LogP contribution >= 0.6 is 0 Å². The molecule has 0 atom stereocenters. The molecule has 5 heteroatoms. The molecule has 1 heterocycles. The van der Waals surface area contributed by atoms with E-state index in [1.165, 1.54) is 6.20 Å². The van der Waals surface area contributed by atoms with Crippen molar-refractivity contribution < 1.29 is 4.79 Å². The van der Waals surface area contributed by atoms with E-state index < -0.39 is 5.91 Å². The van der Waals surface area contributed by atoms with Crippen LogP contribution < -0.4 is 16.4 Å². The molecule has 0 spiro atoms. The van der Waals surface area contributed by atoms with E-state index in [0.717, 1.165) is 13.0 Å². The zero-order valence-corrected chi connectivity index (χ0v) is 9.03. The fourth-order valence-corrected chi connectivity index (χ4v) is 1.40. The molecule has 1 rings (SSSR count). The largest absolute Gasteiger partial charge is 0.397 e. The van der Waals surface area contributed by atoms with Gasteiger partial charge >= 0.3 is 0 Å². The van der Waals surface area contributed by atoms with Crippen molar-refractivity contribution in [3.8, 4) is 0 Å². The summed E-state index contributed by atoms with van der Waals surface area (Å²) in [7, 11) is 1.87. The normalized spacial score (nSPS) is 10.0. The maximum Gasteiger partial charge on any atom is 0.252 e. The Morgan fingerprint density at radius 1 is 1.60 bits per heavy atom. The molecular formula is C10H16N4O. The number of rotatable bonds is 4. The lowest BCUT2D eigenvalue weighted by Crippen LogP contribution is -2.24. The summed E-state index contributed by atoms with van der Waals surface area (Å²) in [6.07, 6.45) is 2.49. The van der Waals surface area contributed by atoms with Crippen LogP contribution in [0.25, 0.3) is 0 Å². The zero-order valence-electron chi connectivity index (χ0n) is 9.03. The van der Waals surface area contributed by atoms with Gasteiger partial charge < -0.3 is 16.4 Å². The highest BCUT2D eigenvalue weighted by Gasteiger charge is 2.13. The number of nitrogens with two attached hydrogens (primary N) is 2. The maximum absolute atomic E-state index is 11.2. The zero-order chi connectivity index (χ0) is 11.4. The minimum atomic E-state index is -0.507. The van der Waals surface area contributed by atoms with E-state index in [2.05, 4.69) is 11.9 Å². The van der Waals surface area contributed by atoms with E-state index >= 15 is 0 Å². The average molecular weight is 208 g/mol. The van der Waals surface area contributed by atoms with Crippen molar-refractivity contribution in [2.24, 2.45) is 5.73 Å². The summed E-state index contributed by atoms with van der Waals surface area (Å²) in [6.45, 7) is 2.87. The second-order valence-electron chi connectivity index (χ2n) is 3.43. The van der Waals surface area contributed by atoms with Crippen LogP contribution in [0.2, 0.25) is 0 Å². The van der Waals surface area contributed by atoms with Gasteiger partial charge in [0.25, 0.3) is 5.91 Å². The summed E-state index contributed by atoms with van der Waals surface area (Å²) in [6, 6.07) is 1.55. The van der Waals surface area contributed by atoms with Crippen LogP contribution in [-0.2, 0) is 0 Å². The SMILES string of the molecule is CCCN(C)c1ncc(N)cc1C(N)=O. The fraction of sp³-hybridized carbons (Fsp3) is 0.400. The minimum absolute atomic E-state index is 0.367. The molecule has 0 fully saturated rings. The van der Waals surface area contributed by atoms with Gasteiger partial charge in [-0.2, -0.15) is 0 Å². The molecule has 1 amide bonds. The minimum Gasteiger partial charge on any atom is -0.397 e. The van der Waals surface area contributed by atoms with Gasteiger partial charge in [-0.15, -0.1) is 0 Å². The Kier molecular flexibility index (Phi) is 3.49. The summed E-state index contributed by atoms with van der Waals surface area (Å²) >= 11 is 0. The summed E-state index contributed by atoms with van der Waals surface area (Å²) in [5.74, 6) is 0.0753. The highest BCUT2D eigenvalue weighted by molar-refractivity contribution is 5.98. The summed E-state index contributed by atoms with van der Waals surface area (Å²) in [5.41, 5.74) is 11.6. The van der Waals surface area contributed by atoms with Crippen LogP contribution in [-0.4, -0.2) is 24.5 Å².